The lowest BCUT2D eigenvalue weighted by atomic mass is 10.2. The molecule has 2 heterocycles. The van der Waals surface area contributed by atoms with Gasteiger partial charge in [-0.2, -0.15) is 0 Å². The van der Waals surface area contributed by atoms with Crippen LogP contribution in [0.25, 0.3) is 10.1 Å². The maximum atomic E-state index is 12.2. The fraction of sp³-hybridized carbons (Fsp3) is 0.400. The Morgan fingerprint density at radius 2 is 2.13 bits per heavy atom. The van der Waals surface area contributed by atoms with E-state index in [1.165, 1.54) is 23.5 Å². The first-order chi connectivity index (χ1) is 11.1. The zero-order chi connectivity index (χ0) is 16.2. The minimum atomic E-state index is -0.426. The van der Waals surface area contributed by atoms with Gasteiger partial charge < -0.3 is 10.6 Å². The predicted molar refractivity (Wildman–Crippen MR) is 90.1 cm³/mol. The summed E-state index contributed by atoms with van der Waals surface area (Å²) in [5, 5.41) is 17.7. The van der Waals surface area contributed by atoms with Crippen LogP contribution in [0.1, 0.15) is 9.67 Å². The summed E-state index contributed by atoms with van der Waals surface area (Å²) in [6, 6.07) is 6.37. The largest absolute Gasteiger partial charge is 0.350 e. The van der Waals surface area contributed by atoms with Gasteiger partial charge in [0.05, 0.1) is 9.80 Å². The second-order valence-corrected chi connectivity index (χ2v) is 6.52. The number of thiophene rings is 1. The van der Waals surface area contributed by atoms with Crippen molar-refractivity contribution in [1.82, 2.24) is 15.5 Å². The van der Waals surface area contributed by atoms with Crippen molar-refractivity contribution in [2.75, 3.05) is 39.3 Å². The first kappa shape index (κ1) is 15.9. The van der Waals surface area contributed by atoms with Gasteiger partial charge in [-0.05, 0) is 12.1 Å². The predicted octanol–water partition coefficient (Wildman–Crippen LogP) is 1.44. The Morgan fingerprint density at radius 3 is 2.87 bits per heavy atom. The summed E-state index contributed by atoms with van der Waals surface area (Å²) >= 11 is 1.35. The molecule has 1 aromatic heterocycles. The summed E-state index contributed by atoms with van der Waals surface area (Å²) in [6.45, 7) is 5.42. The maximum absolute atomic E-state index is 12.2. The quantitative estimate of drug-likeness (QED) is 0.638. The SMILES string of the molecule is O=C(NCCN1CCNCC1)c1cc2cc([N+](=O)[O-])ccc2s1. The Hall–Kier alpha value is -2.03. The Kier molecular flexibility index (Phi) is 4.85. The van der Waals surface area contributed by atoms with Gasteiger partial charge >= 0.3 is 0 Å². The number of fused-ring (bicyclic) bond motifs is 1. The molecule has 1 aromatic carbocycles. The molecule has 1 aliphatic heterocycles. The standard InChI is InChI=1S/C15H18N4O3S/c20-15(17-5-8-18-6-3-16-4-7-18)14-10-11-9-12(19(21)22)1-2-13(11)23-14/h1-2,9-10,16H,3-8H2,(H,17,20). The van der Waals surface area contributed by atoms with Crippen LogP contribution in [0.4, 0.5) is 5.69 Å². The van der Waals surface area contributed by atoms with E-state index in [0.29, 0.717) is 11.4 Å². The van der Waals surface area contributed by atoms with E-state index in [9.17, 15) is 14.9 Å². The van der Waals surface area contributed by atoms with E-state index < -0.39 is 4.92 Å². The van der Waals surface area contributed by atoms with Crippen LogP contribution in [0.3, 0.4) is 0 Å². The Bertz CT molecular complexity index is 725. The molecular formula is C15H18N4O3S. The highest BCUT2D eigenvalue weighted by Gasteiger charge is 2.14. The van der Waals surface area contributed by atoms with E-state index >= 15 is 0 Å². The lowest BCUT2D eigenvalue weighted by molar-refractivity contribution is -0.384. The molecule has 7 nitrogen and oxygen atoms in total. The fourth-order valence-corrected chi connectivity index (χ4v) is 3.57. The number of nitrogens with one attached hydrogen (secondary N) is 2. The molecule has 2 N–H and O–H groups in total. The molecular weight excluding hydrogens is 316 g/mol. The van der Waals surface area contributed by atoms with E-state index in [-0.39, 0.29) is 11.6 Å². The summed E-state index contributed by atoms with van der Waals surface area (Å²) < 4.78 is 0.878. The van der Waals surface area contributed by atoms with Gasteiger partial charge in [-0.3, -0.25) is 19.8 Å². The normalized spacial score (nSPS) is 15.7. The number of amides is 1. The third kappa shape index (κ3) is 3.84. The van der Waals surface area contributed by atoms with Crippen molar-refractivity contribution < 1.29 is 9.72 Å². The second kappa shape index (κ2) is 7.03. The van der Waals surface area contributed by atoms with Gasteiger partial charge in [0.2, 0.25) is 0 Å². The van der Waals surface area contributed by atoms with E-state index in [1.54, 1.807) is 12.1 Å². The molecule has 0 bridgehead atoms. The highest BCUT2D eigenvalue weighted by Crippen LogP contribution is 2.28. The van der Waals surface area contributed by atoms with Crippen LogP contribution in [0.5, 0.6) is 0 Å². The fourth-order valence-electron chi connectivity index (χ4n) is 2.61. The van der Waals surface area contributed by atoms with Gasteiger partial charge in [-0.15, -0.1) is 11.3 Å². The van der Waals surface area contributed by atoms with Crippen molar-refractivity contribution in [2.45, 2.75) is 0 Å². The third-order valence-electron chi connectivity index (χ3n) is 3.86. The molecule has 8 heteroatoms. The van der Waals surface area contributed by atoms with Gasteiger partial charge in [0.1, 0.15) is 0 Å². The highest BCUT2D eigenvalue weighted by molar-refractivity contribution is 7.20. The number of benzene rings is 1. The molecule has 0 unspecified atom stereocenters. The van der Waals surface area contributed by atoms with Crippen LogP contribution in [-0.2, 0) is 0 Å². The van der Waals surface area contributed by atoms with Crippen LogP contribution in [0, 0.1) is 10.1 Å². The van der Waals surface area contributed by atoms with Crippen LogP contribution < -0.4 is 10.6 Å². The minimum Gasteiger partial charge on any atom is -0.350 e. The number of nitrogens with zero attached hydrogens (tertiary/aromatic N) is 2. The van der Waals surface area contributed by atoms with E-state index in [4.69, 9.17) is 0 Å². The molecule has 1 saturated heterocycles. The number of nitro benzene ring substituents is 1. The molecule has 0 spiro atoms. The van der Waals surface area contributed by atoms with Gasteiger partial charge in [-0.1, -0.05) is 0 Å². The van der Waals surface area contributed by atoms with E-state index in [2.05, 4.69) is 15.5 Å². The lowest BCUT2D eigenvalue weighted by Crippen LogP contribution is -2.46. The van der Waals surface area contributed by atoms with Crippen molar-refractivity contribution >= 4 is 33.0 Å². The monoisotopic (exact) mass is 334 g/mol. The number of carbonyl (C=O) groups is 1. The van der Waals surface area contributed by atoms with Crippen molar-refractivity contribution in [1.29, 1.82) is 0 Å². The molecule has 0 saturated carbocycles. The number of nitro groups is 1. The van der Waals surface area contributed by atoms with Crippen LogP contribution >= 0.6 is 11.3 Å². The molecule has 0 atom stereocenters. The smallest absolute Gasteiger partial charge is 0.270 e. The Labute approximate surface area is 137 Å². The first-order valence-corrected chi connectivity index (χ1v) is 8.34. The molecule has 0 radical (unpaired) electrons. The maximum Gasteiger partial charge on any atom is 0.270 e. The van der Waals surface area contributed by atoms with E-state index in [0.717, 1.165) is 42.8 Å². The molecule has 0 aliphatic carbocycles. The van der Waals surface area contributed by atoms with Crippen LogP contribution in [-0.4, -0.2) is 55.0 Å². The lowest BCUT2D eigenvalue weighted by Gasteiger charge is -2.26. The number of rotatable bonds is 5. The van der Waals surface area contributed by atoms with Crippen molar-refractivity contribution in [3.8, 4) is 0 Å². The van der Waals surface area contributed by atoms with Gasteiger partial charge in [-0.25, -0.2) is 0 Å². The average Bonchev–Trinajstić information content (AvgIpc) is 2.99. The van der Waals surface area contributed by atoms with Gasteiger partial charge in [0, 0.05) is 61.5 Å². The van der Waals surface area contributed by atoms with Crippen molar-refractivity contribution in [3.05, 3.63) is 39.3 Å². The molecule has 2 aromatic rings. The van der Waals surface area contributed by atoms with Crippen molar-refractivity contribution in [2.24, 2.45) is 0 Å². The van der Waals surface area contributed by atoms with Gasteiger partial charge in [0.15, 0.2) is 0 Å². The van der Waals surface area contributed by atoms with Crippen LogP contribution in [0.15, 0.2) is 24.3 Å². The number of piperazine rings is 1. The zero-order valence-corrected chi connectivity index (χ0v) is 13.4. The summed E-state index contributed by atoms with van der Waals surface area (Å²) in [7, 11) is 0. The highest BCUT2D eigenvalue weighted by atomic mass is 32.1. The topological polar surface area (TPSA) is 87.5 Å². The van der Waals surface area contributed by atoms with Gasteiger partial charge in [0.25, 0.3) is 11.6 Å². The molecule has 3 rings (SSSR count). The van der Waals surface area contributed by atoms with E-state index in [1.807, 2.05) is 0 Å². The Morgan fingerprint density at radius 1 is 1.35 bits per heavy atom. The summed E-state index contributed by atoms with van der Waals surface area (Å²) in [5.74, 6) is -0.121. The number of hydrogen-bond acceptors (Lipinski definition) is 6. The summed E-state index contributed by atoms with van der Waals surface area (Å²) in [6.07, 6.45) is 0. The molecule has 1 amide bonds. The third-order valence-corrected chi connectivity index (χ3v) is 4.97. The molecule has 23 heavy (non-hydrogen) atoms. The average molecular weight is 334 g/mol. The number of hydrogen-bond donors (Lipinski definition) is 2. The second-order valence-electron chi connectivity index (χ2n) is 5.44. The molecule has 1 fully saturated rings. The zero-order valence-electron chi connectivity index (χ0n) is 12.6. The van der Waals surface area contributed by atoms with Crippen LogP contribution in [0.2, 0.25) is 0 Å². The number of non-ortho nitro benzene ring substituents is 1. The first-order valence-electron chi connectivity index (χ1n) is 7.53. The number of carbonyl (C=O) groups excluding carboxylic acids is 1. The van der Waals surface area contributed by atoms with Crippen molar-refractivity contribution in [3.63, 3.8) is 0 Å². The minimum absolute atomic E-state index is 0.0426. The summed E-state index contributed by atoms with van der Waals surface area (Å²) in [5.41, 5.74) is 0.0426. The molecule has 1 aliphatic rings. The Balaban J connectivity index is 1.60. The summed E-state index contributed by atoms with van der Waals surface area (Å²) in [4.78, 5) is 25.5. The molecule has 122 valence electrons.